The van der Waals surface area contributed by atoms with Crippen LogP contribution in [0.5, 0.6) is 0 Å². The van der Waals surface area contributed by atoms with Crippen LogP contribution in [-0.2, 0) is 21.4 Å². The summed E-state index contributed by atoms with van der Waals surface area (Å²) in [6.45, 7) is 9.43. The Labute approximate surface area is 128 Å². The van der Waals surface area contributed by atoms with Gasteiger partial charge in [-0.05, 0) is 42.2 Å². The number of rotatable bonds is 6. The zero-order chi connectivity index (χ0) is 15.5. The molecule has 0 saturated heterocycles. The van der Waals surface area contributed by atoms with Crippen LogP contribution >= 0.6 is 0 Å². The number of benzene rings is 1. The Morgan fingerprint density at radius 3 is 2.33 bits per heavy atom. The molecule has 2 rings (SSSR count). The summed E-state index contributed by atoms with van der Waals surface area (Å²) < 4.78 is 5.54. The standard InChI is InChI=1S/C19H28O2/c1-5-21-18-12-15(13-18)11-17(20)10-14-6-8-16(9-7-14)19(2,3)4/h6-9,15,18H,5,10-13H2,1-4H3. The molecule has 0 bridgehead atoms. The summed E-state index contributed by atoms with van der Waals surface area (Å²) in [6.07, 6.45) is 3.80. The van der Waals surface area contributed by atoms with Crippen LogP contribution in [-0.4, -0.2) is 18.5 Å². The second kappa shape index (κ2) is 6.74. The van der Waals surface area contributed by atoms with Gasteiger partial charge in [0.2, 0.25) is 0 Å². The van der Waals surface area contributed by atoms with Crippen LogP contribution in [0.1, 0.15) is 58.1 Å². The predicted octanol–water partition coefficient (Wildman–Crippen LogP) is 4.30. The molecular weight excluding hydrogens is 260 g/mol. The Hall–Kier alpha value is -1.15. The topological polar surface area (TPSA) is 26.3 Å². The van der Waals surface area contributed by atoms with Gasteiger partial charge in [-0.1, -0.05) is 45.0 Å². The number of carbonyl (C=O) groups excluding carboxylic acids is 1. The van der Waals surface area contributed by atoms with E-state index in [9.17, 15) is 4.79 Å². The summed E-state index contributed by atoms with van der Waals surface area (Å²) in [5.41, 5.74) is 2.62. The van der Waals surface area contributed by atoms with Gasteiger partial charge >= 0.3 is 0 Å². The monoisotopic (exact) mass is 288 g/mol. The van der Waals surface area contributed by atoms with Gasteiger partial charge in [-0.2, -0.15) is 0 Å². The molecule has 1 fully saturated rings. The molecule has 2 heteroatoms. The van der Waals surface area contributed by atoms with Gasteiger partial charge in [0, 0.05) is 19.4 Å². The van der Waals surface area contributed by atoms with Crippen molar-refractivity contribution in [2.75, 3.05) is 6.61 Å². The molecule has 2 nitrogen and oxygen atoms in total. The number of hydrogen-bond acceptors (Lipinski definition) is 2. The first kappa shape index (κ1) is 16.2. The summed E-state index contributed by atoms with van der Waals surface area (Å²) in [4.78, 5) is 12.1. The maximum atomic E-state index is 12.1. The van der Waals surface area contributed by atoms with E-state index in [2.05, 4.69) is 45.0 Å². The molecule has 0 heterocycles. The average Bonchev–Trinajstić information content (AvgIpc) is 2.36. The number of ether oxygens (including phenoxy) is 1. The van der Waals surface area contributed by atoms with Crippen molar-refractivity contribution >= 4 is 5.78 Å². The normalized spacial score (nSPS) is 21.9. The molecule has 0 atom stereocenters. The molecule has 0 radical (unpaired) electrons. The van der Waals surface area contributed by atoms with Crippen LogP contribution in [0.15, 0.2) is 24.3 Å². The molecule has 0 aromatic heterocycles. The lowest BCUT2D eigenvalue weighted by Crippen LogP contribution is -2.33. The first-order chi connectivity index (χ1) is 9.88. The van der Waals surface area contributed by atoms with Gasteiger partial charge in [0.15, 0.2) is 0 Å². The highest BCUT2D eigenvalue weighted by molar-refractivity contribution is 5.81. The Bertz CT molecular complexity index is 461. The molecule has 1 aromatic carbocycles. The second-order valence-electron chi connectivity index (χ2n) is 7.28. The first-order valence-corrected chi connectivity index (χ1v) is 8.11. The molecule has 1 saturated carbocycles. The van der Waals surface area contributed by atoms with Crippen molar-refractivity contribution in [1.29, 1.82) is 0 Å². The highest BCUT2D eigenvalue weighted by atomic mass is 16.5. The van der Waals surface area contributed by atoms with Crippen molar-refractivity contribution in [1.82, 2.24) is 0 Å². The first-order valence-electron chi connectivity index (χ1n) is 8.11. The van der Waals surface area contributed by atoms with Gasteiger partial charge in [-0.3, -0.25) is 4.79 Å². The largest absolute Gasteiger partial charge is 0.378 e. The molecule has 1 aliphatic carbocycles. The van der Waals surface area contributed by atoms with Gasteiger partial charge < -0.3 is 4.74 Å². The summed E-state index contributed by atoms with van der Waals surface area (Å²) >= 11 is 0. The molecule has 1 aliphatic rings. The second-order valence-corrected chi connectivity index (χ2v) is 7.28. The molecule has 0 unspecified atom stereocenters. The quantitative estimate of drug-likeness (QED) is 0.780. The summed E-state index contributed by atoms with van der Waals surface area (Å²) in [5.74, 6) is 0.904. The van der Waals surface area contributed by atoms with E-state index in [1.807, 2.05) is 6.92 Å². The minimum absolute atomic E-state index is 0.169. The van der Waals surface area contributed by atoms with Gasteiger partial charge in [-0.15, -0.1) is 0 Å². The number of Topliss-reactive ketones (excluding diaryl/α,β-unsaturated/α-hetero) is 1. The van der Waals surface area contributed by atoms with Crippen LogP contribution in [0.25, 0.3) is 0 Å². The van der Waals surface area contributed by atoms with Gasteiger partial charge in [0.05, 0.1) is 6.10 Å². The van der Waals surface area contributed by atoms with Crippen molar-refractivity contribution in [3.05, 3.63) is 35.4 Å². The Kier molecular flexibility index (Phi) is 5.21. The zero-order valence-corrected chi connectivity index (χ0v) is 13.8. The lowest BCUT2D eigenvalue weighted by Gasteiger charge is -2.34. The SMILES string of the molecule is CCOC1CC(CC(=O)Cc2ccc(C(C)(C)C)cc2)C1. The van der Waals surface area contributed by atoms with Crippen LogP contribution in [0.3, 0.4) is 0 Å². The Balaban J connectivity index is 1.78. The van der Waals surface area contributed by atoms with E-state index < -0.39 is 0 Å². The van der Waals surface area contributed by atoms with E-state index in [4.69, 9.17) is 4.74 Å². The maximum Gasteiger partial charge on any atom is 0.137 e. The third kappa shape index (κ3) is 4.67. The van der Waals surface area contributed by atoms with E-state index in [0.717, 1.165) is 25.0 Å². The van der Waals surface area contributed by atoms with E-state index in [0.29, 0.717) is 30.6 Å². The van der Waals surface area contributed by atoms with E-state index in [-0.39, 0.29) is 5.41 Å². The predicted molar refractivity (Wildman–Crippen MR) is 86.6 cm³/mol. The van der Waals surface area contributed by atoms with Crippen LogP contribution in [0, 0.1) is 5.92 Å². The van der Waals surface area contributed by atoms with E-state index >= 15 is 0 Å². The molecule has 0 N–H and O–H groups in total. The molecule has 116 valence electrons. The van der Waals surface area contributed by atoms with Crippen LogP contribution < -0.4 is 0 Å². The van der Waals surface area contributed by atoms with Gasteiger partial charge in [-0.25, -0.2) is 0 Å². The van der Waals surface area contributed by atoms with Crippen molar-refractivity contribution in [3.63, 3.8) is 0 Å². The van der Waals surface area contributed by atoms with Crippen molar-refractivity contribution in [2.45, 2.75) is 64.9 Å². The highest BCUT2D eigenvalue weighted by Gasteiger charge is 2.30. The van der Waals surface area contributed by atoms with E-state index in [1.54, 1.807) is 0 Å². The number of carbonyl (C=O) groups is 1. The zero-order valence-electron chi connectivity index (χ0n) is 13.8. The van der Waals surface area contributed by atoms with E-state index in [1.165, 1.54) is 5.56 Å². The number of ketones is 1. The van der Waals surface area contributed by atoms with Crippen molar-refractivity contribution in [2.24, 2.45) is 5.92 Å². The van der Waals surface area contributed by atoms with Gasteiger partial charge in [0.1, 0.15) is 5.78 Å². The maximum absolute atomic E-state index is 12.1. The minimum atomic E-state index is 0.169. The van der Waals surface area contributed by atoms with Crippen molar-refractivity contribution < 1.29 is 9.53 Å². The third-order valence-electron chi connectivity index (χ3n) is 4.33. The number of hydrogen-bond donors (Lipinski definition) is 0. The van der Waals surface area contributed by atoms with Gasteiger partial charge in [0.25, 0.3) is 0 Å². The molecular formula is C19H28O2. The fourth-order valence-electron chi connectivity index (χ4n) is 2.96. The average molecular weight is 288 g/mol. The Morgan fingerprint density at radius 2 is 1.81 bits per heavy atom. The van der Waals surface area contributed by atoms with Crippen LogP contribution in [0.2, 0.25) is 0 Å². The lowest BCUT2D eigenvalue weighted by molar-refractivity contribution is -0.121. The summed E-state index contributed by atoms with van der Waals surface area (Å²) in [7, 11) is 0. The fraction of sp³-hybridized carbons (Fsp3) is 0.632. The molecule has 0 amide bonds. The Morgan fingerprint density at radius 1 is 1.19 bits per heavy atom. The van der Waals surface area contributed by atoms with Crippen molar-refractivity contribution in [3.8, 4) is 0 Å². The fourth-order valence-corrected chi connectivity index (χ4v) is 2.96. The molecule has 0 aliphatic heterocycles. The molecule has 1 aromatic rings. The molecule has 21 heavy (non-hydrogen) atoms. The molecule has 0 spiro atoms. The summed E-state index contributed by atoms with van der Waals surface area (Å²) in [5, 5.41) is 0. The van der Waals surface area contributed by atoms with Crippen LogP contribution in [0.4, 0.5) is 0 Å². The third-order valence-corrected chi connectivity index (χ3v) is 4.33. The highest BCUT2D eigenvalue weighted by Crippen LogP contribution is 2.33. The smallest absolute Gasteiger partial charge is 0.137 e. The lowest BCUT2D eigenvalue weighted by atomic mass is 9.78. The minimum Gasteiger partial charge on any atom is -0.378 e. The summed E-state index contributed by atoms with van der Waals surface area (Å²) in [6, 6.07) is 8.50.